The van der Waals surface area contributed by atoms with Gasteiger partial charge in [0.15, 0.2) is 17.5 Å². The number of hydrogen-bond acceptors (Lipinski definition) is 5. The van der Waals surface area contributed by atoms with Crippen LogP contribution in [0.1, 0.15) is 56.2 Å². The number of aryl methyl sites for hydroxylation is 1. The molecular weight excluding hydrogens is 560 g/mol. The van der Waals surface area contributed by atoms with Crippen molar-refractivity contribution in [2.45, 2.75) is 71.0 Å². The van der Waals surface area contributed by atoms with Crippen molar-refractivity contribution in [3.05, 3.63) is 76.7 Å². The lowest BCUT2D eigenvalue weighted by Gasteiger charge is -2.29. The number of hydrogen-bond donors (Lipinski definition) is 3. The molecule has 2 aromatic carbocycles. The average Bonchev–Trinajstić information content (AvgIpc) is 3.56. The van der Waals surface area contributed by atoms with Gasteiger partial charge in [0, 0.05) is 37.8 Å². The van der Waals surface area contributed by atoms with Gasteiger partial charge in [-0.05, 0) is 79.9 Å². The van der Waals surface area contributed by atoms with Crippen LogP contribution in [-0.4, -0.2) is 59.1 Å². The number of anilines is 1. The zero-order valence-electron chi connectivity index (χ0n) is 25.0. The quantitative estimate of drug-likeness (QED) is 0.267. The lowest BCUT2D eigenvalue weighted by molar-refractivity contribution is -0.118. The van der Waals surface area contributed by atoms with Crippen molar-refractivity contribution in [3.8, 4) is 5.69 Å². The van der Waals surface area contributed by atoms with Crippen molar-refractivity contribution in [1.82, 2.24) is 25.1 Å². The molecule has 3 atom stereocenters. The van der Waals surface area contributed by atoms with E-state index in [2.05, 4.69) is 39.8 Å². The van der Waals surface area contributed by atoms with Gasteiger partial charge in [0.05, 0.1) is 17.9 Å². The highest BCUT2D eigenvalue weighted by Crippen LogP contribution is 2.29. The Bertz CT molecular complexity index is 1460. The molecule has 3 aromatic rings. The number of likely N-dealkylation sites (tertiary alicyclic amines) is 1. The van der Waals surface area contributed by atoms with Crippen molar-refractivity contribution in [1.29, 1.82) is 0 Å². The minimum absolute atomic E-state index is 0.107. The second-order valence-electron chi connectivity index (χ2n) is 12.4. The molecule has 1 amide bonds. The van der Waals surface area contributed by atoms with E-state index in [1.165, 1.54) is 18.5 Å². The highest BCUT2D eigenvalue weighted by molar-refractivity contribution is 5.94. The van der Waals surface area contributed by atoms with E-state index in [4.69, 9.17) is 0 Å². The van der Waals surface area contributed by atoms with E-state index in [1.807, 2.05) is 6.92 Å². The fraction of sp³-hybridized carbons (Fsp3) is 0.500. The summed E-state index contributed by atoms with van der Waals surface area (Å²) in [5.41, 5.74) is 2.26. The third-order valence-corrected chi connectivity index (χ3v) is 8.65. The van der Waals surface area contributed by atoms with E-state index >= 15 is 0 Å². The first-order valence-electron chi connectivity index (χ1n) is 15.0. The monoisotopic (exact) mass is 600 g/mol. The van der Waals surface area contributed by atoms with Crippen LogP contribution in [0.4, 0.5) is 23.4 Å². The minimum atomic E-state index is -0.970. The van der Waals surface area contributed by atoms with Gasteiger partial charge in [0.1, 0.15) is 18.0 Å². The molecule has 1 fully saturated rings. The Kier molecular flexibility index (Phi) is 9.53. The predicted octanol–water partition coefficient (Wildman–Crippen LogP) is 5.11. The molecule has 1 aromatic heterocycles. The summed E-state index contributed by atoms with van der Waals surface area (Å²) < 4.78 is 58.2. The molecule has 1 aliphatic heterocycles. The first-order valence-corrected chi connectivity index (χ1v) is 15.0. The number of fused-ring (bicyclic) bond motifs is 1. The SMILES string of the molecule is CCCC(N[C@H]1CCc2cc(F)cc(F)c2C1)C(=O)Nc1cn(-c2cc(F)c(F)cc2CNCC2(C)CCN(C)C2)cn1. The number of benzene rings is 2. The molecule has 2 heterocycles. The van der Waals surface area contributed by atoms with Crippen LogP contribution in [-0.2, 0) is 24.2 Å². The number of halogens is 4. The summed E-state index contributed by atoms with van der Waals surface area (Å²) in [5, 5.41) is 9.61. The van der Waals surface area contributed by atoms with Crippen LogP contribution in [0, 0.1) is 28.7 Å². The van der Waals surface area contributed by atoms with Gasteiger partial charge in [0.2, 0.25) is 5.91 Å². The van der Waals surface area contributed by atoms with Gasteiger partial charge in [-0.25, -0.2) is 22.5 Å². The maximum Gasteiger partial charge on any atom is 0.242 e. The molecular formula is C32H40F4N6O. The van der Waals surface area contributed by atoms with Crippen LogP contribution in [0.3, 0.4) is 0 Å². The number of amides is 1. The number of nitrogens with zero attached hydrogens (tertiary/aromatic N) is 3. The Labute approximate surface area is 250 Å². The fourth-order valence-corrected chi connectivity index (χ4v) is 6.40. The molecule has 5 rings (SSSR count). The van der Waals surface area contributed by atoms with E-state index in [-0.39, 0.29) is 23.2 Å². The van der Waals surface area contributed by atoms with Crippen LogP contribution in [0.5, 0.6) is 0 Å². The molecule has 232 valence electrons. The lowest BCUT2D eigenvalue weighted by Crippen LogP contribution is -2.48. The molecule has 2 unspecified atom stereocenters. The number of carbonyl (C=O) groups is 1. The van der Waals surface area contributed by atoms with E-state index in [0.717, 1.165) is 44.6 Å². The number of carbonyl (C=O) groups excluding carboxylic acids is 1. The van der Waals surface area contributed by atoms with E-state index in [9.17, 15) is 22.4 Å². The lowest BCUT2D eigenvalue weighted by atomic mass is 9.87. The summed E-state index contributed by atoms with van der Waals surface area (Å²) in [7, 11) is 2.09. The molecule has 0 bridgehead atoms. The summed E-state index contributed by atoms with van der Waals surface area (Å²) in [6.07, 6.45) is 6.93. The maximum atomic E-state index is 14.4. The normalized spacial score (nSPS) is 21.1. The first-order chi connectivity index (χ1) is 20.5. The van der Waals surface area contributed by atoms with Gasteiger partial charge in [-0.2, -0.15) is 0 Å². The predicted molar refractivity (Wildman–Crippen MR) is 158 cm³/mol. The molecule has 1 saturated heterocycles. The Morgan fingerprint density at radius 2 is 1.93 bits per heavy atom. The van der Waals surface area contributed by atoms with Crippen molar-refractivity contribution < 1.29 is 22.4 Å². The van der Waals surface area contributed by atoms with Crippen molar-refractivity contribution in [2.75, 3.05) is 32.0 Å². The summed E-state index contributed by atoms with van der Waals surface area (Å²) in [6.45, 7) is 7.26. The smallest absolute Gasteiger partial charge is 0.242 e. The molecule has 1 aliphatic carbocycles. The molecule has 0 spiro atoms. The molecule has 2 aliphatic rings. The Balaban J connectivity index is 1.25. The molecule has 11 heteroatoms. The van der Waals surface area contributed by atoms with Gasteiger partial charge < -0.3 is 25.4 Å². The number of nitrogens with one attached hydrogen (secondary N) is 3. The van der Waals surface area contributed by atoms with Crippen molar-refractivity contribution in [3.63, 3.8) is 0 Å². The molecule has 0 saturated carbocycles. The number of rotatable bonds is 11. The molecule has 7 nitrogen and oxygen atoms in total. The van der Waals surface area contributed by atoms with E-state index in [0.29, 0.717) is 54.6 Å². The fourth-order valence-electron chi connectivity index (χ4n) is 6.40. The van der Waals surface area contributed by atoms with Crippen LogP contribution in [0.25, 0.3) is 5.69 Å². The van der Waals surface area contributed by atoms with E-state index < -0.39 is 29.3 Å². The summed E-state index contributed by atoms with van der Waals surface area (Å²) >= 11 is 0. The third-order valence-electron chi connectivity index (χ3n) is 8.65. The van der Waals surface area contributed by atoms with Gasteiger partial charge in [0.25, 0.3) is 0 Å². The van der Waals surface area contributed by atoms with Crippen LogP contribution in [0.2, 0.25) is 0 Å². The Hall–Kier alpha value is -3.28. The van der Waals surface area contributed by atoms with E-state index in [1.54, 1.807) is 10.8 Å². The van der Waals surface area contributed by atoms with Crippen molar-refractivity contribution >= 4 is 11.7 Å². The van der Waals surface area contributed by atoms with Crippen LogP contribution >= 0.6 is 0 Å². The minimum Gasteiger partial charge on any atom is -0.312 e. The van der Waals surface area contributed by atoms with Gasteiger partial charge >= 0.3 is 0 Å². The standard InChI is InChI=1S/C32H40F4N6O/c1-4-5-28(39-23-7-6-20-10-22(33)12-25(34)24(20)13-23)31(43)40-30-16-42(19-38-30)29-14-27(36)26(35)11-21(29)15-37-17-32(2)8-9-41(3)18-32/h10-12,14,16,19,23,28,37,39H,4-9,13,15,17-18H2,1-3H3,(H,40,43)/t23-,28?,32?/m0/s1. The highest BCUT2D eigenvalue weighted by Gasteiger charge is 2.31. The second-order valence-corrected chi connectivity index (χ2v) is 12.4. The third kappa shape index (κ3) is 7.45. The molecule has 3 N–H and O–H groups in total. The topological polar surface area (TPSA) is 74.2 Å². The zero-order valence-corrected chi connectivity index (χ0v) is 25.0. The van der Waals surface area contributed by atoms with Gasteiger partial charge in [-0.1, -0.05) is 20.3 Å². The number of aromatic nitrogens is 2. The maximum absolute atomic E-state index is 14.4. The highest BCUT2D eigenvalue weighted by atomic mass is 19.2. The van der Waals surface area contributed by atoms with Crippen LogP contribution in [0.15, 0.2) is 36.8 Å². The average molecular weight is 601 g/mol. The molecule has 43 heavy (non-hydrogen) atoms. The summed E-state index contributed by atoms with van der Waals surface area (Å²) in [4.78, 5) is 19.9. The summed E-state index contributed by atoms with van der Waals surface area (Å²) in [6, 6.07) is 3.92. The Morgan fingerprint density at radius 1 is 1.14 bits per heavy atom. The molecule has 0 radical (unpaired) electrons. The van der Waals surface area contributed by atoms with Gasteiger partial charge in [-0.3, -0.25) is 4.79 Å². The zero-order chi connectivity index (χ0) is 30.7. The Morgan fingerprint density at radius 3 is 2.67 bits per heavy atom. The van der Waals surface area contributed by atoms with Gasteiger partial charge in [-0.15, -0.1) is 0 Å². The second kappa shape index (κ2) is 13.2. The van der Waals surface area contributed by atoms with Crippen LogP contribution < -0.4 is 16.0 Å². The first kappa shape index (κ1) is 31.2. The number of imidazole rings is 1. The summed E-state index contributed by atoms with van der Waals surface area (Å²) in [5.74, 6) is -3.06. The largest absolute Gasteiger partial charge is 0.312 e. The van der Waals surface area contributed by atoms with Crippen molar-refractivity contribution in [2.24, 2.45) is 5.41 Å².